The van der Waals surface area contributed by atoms with Crippen LogP contribution in [0, 0.1) is 6.92 Å². The number of nitrogens with two attached hydrogens (primary N) is 1. The fourth-order valence-electron chi connectivity index (χ4n) is 4.44. The number of carbonyl (C=O) groups excluding carboxylic acids is 1. The lowest BCUT2D eigenvalue weighted by Gasteiger charge is -2.31. The largest absolute Gasteiger partial charge is 0.342 e. The number of rotatable bonds is 6. The van der Waals surface area contributed by atoms with Crippen molar-refractivity contribution >= 4 is 34.4 Å². The molecule has 0 bridgehead atoms. The van der Waals surface area contributed by atoms with Gasteiger partial charge in [-0.2, -0.15) is 0 Å². The van der Waals surface area contributed by atoms with Gasteiger partial charge in [0.1, 0.15) is 5.82 Å². The summed E-state index contributed by atoms with van der Waals surface area (Å²) in [4.78, 5) is 24.5. The van der Waals surface area contributed by atoms with E-state index < -0.39 is 0 Å². The summed E-state index contributed by atoms with van der Waals surface area (Å²) in [6.07, 6.45) is 1.92. The zero-order valence-corrected chi connectivity index (χ0v) is 20.2. The summed E-state index contributed by atoms with van der Waals surface area (Å²) >= 11 is 6.43. The molecular formula is C25H27ClN8O. The van der Waals surface area contributed by atoms with Crippen LogP contribution in [0.4, 0.5) is 5.95 Å². The van der Waals surface area contributed by atoms with Gasteiger partial charge in [0.2, 0.25) is 11.8 Å². The van der Waals surface area contributed by atoms with Crippen LogP contribution >= 0.6 is 11.6 Å². The number of aryl methyl sites for hydroxylation is 1. The highest BCUT2D eigenvalue weighted by Crippen LogP contribution is 2.23. The lowest BCUT2D eigenvalue weighted by molar-refractivity contribution is 0.0935. The van der Waals surface area contributed by atoms with Crippen molar-refractivity contribution in [3.05, 3.63) is 76.5 Å². The number of anilines is 1. The standard InChI is InChI=1S/C25H27ClN8O/c1-16-19-9-3-5-11-21(19)30-22(29-16)13-28-24(35)23-31-32-25(33-12-6-8-18(27)15-33)34(23)14-17-7-2-4-10-20(17)26/h2-5,7,9-11,18H,6,8,12-15,27H2,1H3,(H,28,35). The van der Waals surface area contributed by atoms with Crippen molar-refractivity contribution in [3.63, 3.8) is 0 Å². The molecule has 3 N–H and O–H groups in total. The second-order valence-corrected chi connectivity index (χ2v) is 9.18. The Morgan fingerprint density at radius 3 is 2.77 bits per heavy atom. The Bertz CT molecular complexity index is 1370. The van der Waals surface area contributed by atoms with Crippen LogP contribution in [0.2, 0.25) is 5.02 Å². The molecule has 1 aliphatic heterocycles. The van der Waals surface area contributed by atoms with Crippen LogP contribution in [0.25, 0.3) is 10.9 Å². The summed E-state index contributed by atoms with van der Waals surface area (Å²) in [5.74, 6) is 1.00. The zero-order valence-electron chi connectivity index (χ0n) is 19.5. The van der Waals surface area contributed by atoms with Crippen molar-refractivity contribution in [1.82, 2.24) is 30.0 Å². The normalized spacial score (nSPS) is 16.0. The molecule has 10 heteroatoms. The minimum absolute atomic E-state index is 0.0554. The Kier molecular flexibility index (Phi) is 6.61. The Labute approximate surface area is 208 Å². The van der Waals surface area contributed by atoms with Crippen LogP contribution in [0.3, 0.4) is 0 Å². The number of nitrogens with one attached hydrogen (secondary N) is 1. The third-order valence-corrected chi connectivity index (χ3v) is 6.58. The summed E-state index contributed by atoms with van der Waals surface area (Å²) in [5.41, 5.74) is 8.79. The van der Waals surface area contributed by atoms with Gasteiger partial charge in [0, 0.05) is 35.2 Å². The van der Waals surface area contributed by atoms with E-state index in [1.165, 1.54) is 0 Å². The van der Waals surface area contributed by atoms with Crippen molar-refractivity contribution in [2.75, 3.05) is 18.0 Å². The maximum atomic E-state index is 13.3. The quantitative estimate of drug-likeness (QED) is 0.426. The number of carbonyl (C=O) groups is 1. The van der Waals surface area contributed by atoms with Crippen molar-refractivity contribution in [1.29, 1.82) is 0 Å². The Hall–Kier alpha value is -3.56. The van der Waals surface area contributed by atoms with Gasteiger partial charge in [0.05, 0.1) is 18.6 Å². The van der Waals surface area contributed by atoms with E-state index in [1.54, 1.807) is 4.57 Å². The lowest BCUT2D eigenvalue weighted by Crippen LogP contribution is -2.44. The molecule has 1 aliphatic rings. The van der Waals surface area contributed by atoms with Gasteiger partial charge < -0.3 is 16.0 Å². The van der Waals surface area contributed by atoms with Crippen LogP contribution in [0.1, 0.15) is 40.5 Å². The maximum Gasteiger partial charge on any atom is 0.289 e. The Morgan fingerprint density at radius 2 is 1.94 bits per heavy atom. The molecular weight excluding hydrogens is 464 g/mol. The van der Waals surface area contributed by atoms with Crippen LogP contribution in [0.5, 0.6) is 0 Å². The first-order valence-corrected chi connectivity index (χ1v) is 12.0. The van der Waals surface area contributed by atoms with E-state index >= 15 is 0 Å². The van der Waals surface area contributed by atoms with E-state index in [1.807, 2.05) is 55.5 Å². The molecule has 1 amide bonds. The van der Waals surface area contributed by atoms with Gasteiger partial charge in [-0.25, -0.2) is 9.97 Å². The molecule has 0 saturated carbocycles. The summed E-state index contributed by atoms with van der Waals surface area (Å²) in [6, 6.07) is 15.4. The Balaban J connectivity index is 1.42. The molecule has 180 valence electrons. The minimum Gasteiger partial charge on any atom is -0.342 e. The van der Waals surface area contributed by atoms with Crippen LogP contribution < -0.4 is 16.0 Å². The number of fused-ring (bicyclic) bond motifs is 1. The van der Waals surface area contributed by atoms with E-state index in [-0.39, 0.29) is 24.3 Å². The third-order valence-electron chi connectivity index (χ3n) is 6.21. The monoisotopic (exact) mass is 490 g/mol. The molecule has 4 aromatic rings. The second-order valence-electron chi connectivity index (χ2n) is 8.77. The van der Waals surface area contributed by atoms with Crippen molar-refractivity contribution in [2.24, 2.45) is 5.73 Å². The van der Waals surface area contributed by atoms with Crippen molar-refractivity contribution < 1.29 is 4.79 Å². The molecule has 0 aliphatic carbocycles. The van der Waals surface area contributed by atoms with Gasteiger partial charge in [0.15, 0.2) is 0 Å². The average molecular weight is 491 g/mol. The van der Waals surface area contributed by atoms with E-state index in [4.69, 9.17) is 17.3 Å². The van der Waals surface area contributed by atoms with Gasteiger partial charge in [-0.05, 0) is 37.5 Å². The first kappa shape index (κ1) is 23.2. The van der Waals surface area contributed by atoms with Crippen LogP contribution in [-0.2, 0) is 13.1 Å². The van der Waals surface area contributed by atoms with E-state index in [0.29, 0.717) is 29.9 Å². The lowest BCUT2D eigenvalue weighted by atomic mass is 10.1. The number of hydrogen-bond donors (Lipinski definition) is 2. The van der Waals surface area contributed by atoms with Gasteiger partial charge in [-0.3, -0.25) is 9.36 Å². The highest BCUT2D eigenvalue weighted by atomic mass is 35.5. The number of benzene rings is 2. The summed E-state index contributed by atoms with van der Waals surface area (Å²) in [5, 5.41) is 13.2. The highest BCUT2D eigenvalue weighted by molar-refractivity contribution is 6.31. The molecule has 1 saturated heterocycles. The van der Waals surface area contributed by atoms with Gasteiger partial charge >= 0.3 is 0 Å². The molecule has 3 heterocycles. The van der Waals surface area contributed by atoms with Crippen molar-refractivity contribution in [3.8, 4) is 0 Å². The van der Waals surface area contributed by atoms with E-state index in [0.717, 1.165) is 41.5 Å². The predicted octanol–water partition coefficient (Wildman–Crippen LogP) is 3.09. The van der Waals surface area contributed by atoms with Crippen LogP contribution in [0.15, 0.2) is 48.5 Å². The molecule has 0 spiro atoms. The van der Waals surface area contributed by atoms with E-state index in [2.05, 4.69) is 30.4 Å². The summed E-state index contributed by atoms with van der Waals surface area (Å²) in [7, 11) is 0. The summed E-state index contributed by atoms with van der Waals surface area (Å²) < 4.78 is 1.81. The second kappa shape index (κ2) is 9.97. The zero-order chi connectivity index (χ0) is 24.4. The maximum absolute atomic E-state index is 13.3. The minimum atomic E-state index is -0.355. The fourth-order valence-corrected chi connectivity index (χ4v) is 4.64. The van der Waals surface area contributed by atoms with Crippen molar-refractivity contribution in [2.45, 2.75) is 38.9 Å². The molecule has 9 nitrogen and oxygen atoms in total. The average Bonchev–Trinajstić information content (AvgIpc) is 3.28. The first-order valence-electron chi connectivity index (χ1n) is 11.7. The number of hydrogen-bond acceptors (Lipinski definition) is 7. The molecule has 1 atom stereocenters. The fraction of sp³-hybridized carbons (Fsp3) is 0.320. The molecule has 0 radical (unpaired) electrons. The van der Waals surface area contributed by atoms with Gasteiger partial charge in [-0.1, -0.05) is 48.0 Å². The number of para-hydroxylation sites is 1. The predicted molar refractivity (Wildman–Crippen MR) is 135 cm³/mol. The molecule has 2 aromatic carbocycles. The third kappa shape index (κ3) is 4.96. The van der Waals surface area contributed by atoms with E-state index in [9.17, 15) is 4.79 Å². The number of nitrogens with zero attached hydrogens (tertiary/aromatic N) is 6. The molecule has 1 fully saturated rings. The first-order chi connectivity index (χ1) is 17.0. The number of halogens is 1. The SMILES string of the molecule is Cc1nc(CNC(=O)c2nnc(N3CCCC(N)C3)n2Cc2ccccc2Cl)nc2ccccc12. The number of piperidine rings is 1. The smallest absolute Gasteiger partial charge is 0.289 e. The summed E-state index contributed by atoms with van der Waals surface area (Å²) in [6.45, 7) is 3.94. The molecule has 5 rings (SSSR count). The van der Waals surface area contributed by atoms with Gasteiger partial charge in [-0.15, -0.1) is 10.2 Å². The van der Waals surface area contributed by atoms with Crippen LogP contribution in [-0.4, -0.2) is 49.8 Å². The topological polar surface area (TPSA) is 115 Å². The Morgan fingerprint density at radius 1 is 1.14 bits per heavy atom. The molecule has 35 heavy (non-hydrogen) atoms. The van der Waals surface area contributed by atoms with Gasteiger partial charge in [0.25, 0.3) is 5.91 Å². The molecule has 1 unspecified atom stereocenters. The highest BCUT2D eigenvalue weighted by Gasteiger charge is 2.26. The number of aromatic nitrogens is 5. The molecule has 2 aromatic heterocycles. The number of amides is 1.